The third kappa shape index (κ3) is 5.56. The zero-order valence-electron chi connectivity index (χ0n) is 17.4. The number of halogens is 4. The lowest BCUT2D eigenvalue weighted by molar-refractivity contribution is -0.137. The number of benzene rings is 1. The molecule has 5 nitrogen and oxygen atoms in total. The molecule has 3 heterocycles. The van der Waals surface area contributed by atoms with Crippen molar-refractivity contribution in [2.75, 3.05) is 50.7 Å². The first-order valence-corrected chi connectivity index (χ1v) is 11.5. The number of nitrogens with zero attached hydrogens (tertiary/aromatic N) is 5. The maximum atomic E-state index is 13.4. The minimum Gasteiger partial charge on any atom is -0.353 e. The summed E-state index contributed by atoms with van der Waals surface area (Å²) in [6.07, 6.45) is 2.49. The summed E-state index contributed by atoms with van der Waals surface area (Å²) in [7, 11) is 0. The molecule has 0 spiro atoms. The topological polar surface area (TPSA) is 35.5 Å². The van der Waals surface area contributed by atoms with Crippen molar-refractivity contribution in [2.45, 2.75) is 31.5 Å². The molecule has 168 valence electrons. The second kappa shape index (κ2) is 9.83. The summed E-state index contributed by atoms with van der Waals surface area (Å²) in [6, 6.07) is 5.82. The van der Waals surface area contributed by atoms with Crippen molar-refractivity contribution in [3.8, 4) is 0 Å². The Bertz CT molecular complexity index is 864. The average molecular weight is 498 g/mol. The highest BCUT2D eigenvalue weighted by atomic mass is 79.9. The second-order valence-corrected chi connectivity index (χ2v) is 9.07. The highest BCUT2D eigenvalue weighted by Gasteiger charge is 2.33. The number of hydrogen-bond donors (Lipinski definition) is 0. The fraction of sp³-hybridized carbons (Fsp3) is 0.545. The van der Waals surface area contributed by atoms with Gasteiger partial charge in [-0.15, -0.1) is 0 Å². The molecule has 2 fully saturated rings. The smallest absolute Gasteiger partial charge is 0.353 e. The van der Waals surface area contributed by atoms with E-state index in [4.69, 9.17) is 0 Å². The maximum Gasteiger partial charge on any atom is 0.416 e. The summed E-state index contributed by atoms with van der Waals surface area (Å²) < 4.78 is 40.9. The van der Waals surface area contributed by atoms with Crippen LogP contribution >= 0.6 is 15.9 Å². The van der Waals surface area contributed by atoms with Gasteiger partial charge in [0.25, 0.3) is 0 Å². The third-order valence-corrected chi connectivity index (χ3v) is 6.74. The van der Waals surface area contributed by atoms with Gasteiger partial charge in [-0.25, -0.2) is 9.97 Å². The van der Waals surface area contributed by atoms with Crippen molar-refractivity contribution >= 4 is 21.7 Å². The lowest BCUT2D eigenvalue weighted by Gasteiger charge is -2.42. The Kier molecular flexibility index (Phi) is 7.13. The molecule has 2 aliphatic heterocycles. The SMILES string of the molecule is FC(F)(F)c1cccc(C(CN2CCCCC2)N2CCN(c3ncncc3Br)CC2)c1. The van der Waals surface area contributed by atoms with E-state index in [1.807, 2.05) is 6.07 Å². The molecule has 1 aromatic heterocycles. The first-order valence-electron chi connectivity index (χ1n) is 10.8. The molecule has 0 saturated carbocycles. The molecular weight excluding hydrogens is 471 g/mol. The molecule has 1 unspecified atom stereocenters. The number of aromatic nitrogens is 2. The summed E-state index contributed by atoms with van der Waals surface area (Å²) in [6.45, 7) is 5.87. The van der Waals surface area contributed by atoms with E-state index in [1.165, 1.54) is 24.9 Å². The molecule has 0 N–H and O–H groups in total. The van der Waals surface area contributed by atoms with Crippen LogP contribution in [0.5, 0.6) is 0 Å². The van der Waals surface area contributed by atoms with Crippen LogP contribution in [0.1, 0.15) is 36.4 Å². The highest BCUT2D eigenvalue weighted by Crippen LogP contribution is 2.33. The highest BCUT2D eigenvalue weighted by molar-refractivity contribution is 9.10. The van der Waals surface area contributed by atoms with E-state index >= 15 is 0 Å². The fourth-order valence-corrected chi connectivity index (χ4v) is 5.00. The van der Waals surface area contributed by atoms with Crippen molar-refractivity contribution in [3.05, 3.63) is 52.4 Å². The standard InChI is InChI=1S/C22H27BrF3N5/c23-19-14-27-16-28-21(19)31-11-9-30(10-12-31)20(15-29-7-2-1-3-8-29)17-5-4-6-18(13-17)22(24,25)26/h4-6,13-14,16,20H,1-3,7-12,15H2. The Balaban J connectivity index is 1.53. The van der Waals surface area contributed by atoms with Crippen molar-refractivity contribution in [1.29, 1.82) is 0 Å². The molecule has 2 aromatic rings. The number of anilines is 1. The van der Waals surface area contributed by atoms with Crippen LogP contribution in [0.2, 0.25) is 0 Å². The molecule has 2 saturated heterocycles. The van der Waals surface area contributed by atoms with Gasteiger partial charge in [0, 0.05) is 45.0 Å². The molecule has 31 heavy (non-hydrogen) atoms. The first kappa shape index (κ1) is 22.5. The van der Waals surface area contributed by atoms with E-state index in [-0.39, 0.29) is 6.04 Å². The van der Waals surface area contributed by atoms with Crippen LogP contribution < -0.4 is 4.90 Å². The Labute approximate surface area is 189 Å². The van der Waals surface area contributed by atoms with E-state index in [1.54, 1.807) is 6.20 Å². The lowest BCUT2D eigenvalue weighted by Crippen LogP contribution is -2.50. The number of hydrogen-bond acceptors (Lipinski definition) is 5. The monoisotopic (exact) mass is 497 g/mol. The van der Waals surface area contributed by atoms with Crippen LogP contribution in [0.4, 0.5) is 19.0 Å². The normalized spacial score (nSPS) is 20.1. The van der Waals surface area contributed by atoms with Crippen molar-refractivity contribution in [2.24, 2.45) is 0 Å². The molecule has 2 aliphatic rings. The van der Waals surface area contributed by atoms with Crippen molar-refractivity contribution in [1.82, 2.24) is 19.8 Å². The fourth-order valence-electron chi connectivity index (χ4n) is 4.52. The van der Waals surface area contributed by atoms with Crippen molar-refractivity contribution in [3.63, 3.8) is 0 Å². The van der Waals surface area contributed by atoms with Gasteiger partial charge in [0.2, 0.25) is 0 Å². The van der Waals surface area contributed by atoms with E-state index in [0.29, 0.717) is 0 Å². The number of rotatable bonds is 5. The quantitative estimate of drug-likeness (QED) is 0.602. The Morgan fingerprint density at radius 2 is 1.74 bits per heavy atom. The molecule has 0 bridgehead atoms. The second-order valence-electron chi connectivity index (χ2n) is 8.22. The van der Waals surface area contributed by atoms with E-state index in [2.05, 4.69) is 40.6 Å². The molecule has 9 heteroatoms. The average Bonchev–Trinajstić information content (AvgIpc) is 2.78. The minimum atomic E-state index is -4.33. The number of likely N-dealkylation sites (tertiary alicyclic amines) is 1. The van der Waals surface area contributed by atoms with Gasteiger partial charge in [0.05, 0.1) is 10.0 Å². The van der Waals surface area contributed by atoms with E-state index in [0.717, 1.165) is 80.6 Å². The van der Waals surface area contributed by atoms with Gasteiger partial charge < -0.3 is 9.80 Å². The van der Waals surface area contributed by atoms with Crippen LogP contribution in [0.3, 0.4) is 0 Å². The van der Waals surface area contributed by atoms with Gasteiger partial charge in [-0.3, -0.25) is 4.90 Å². The number of alkyl halides is 3. The molecule has 4 rings (SSSR count). The Morgan fingerprint density at radius 3 is 2.42 bits per heavy atom. The van der Waals surface area contributed by atoms with Crippen LogP contribution in [0, 0.1) is 0 Å². The molecule has 0 amide bonds. The molecule has 1 atom stereocenters. The van der Waals surface area contributed by atoms with Gasteiger partial charge in [-0.05, 0) is 59.6 Å². The van der Waals surface area contributed by atoms with Crippen LogP contribution in [-0.2, 0) is 6.18 Å². The summed E-state index contributed by atoms with van der Waals surface area (Å²) in [5.74, 6) is 0.862. The van der Waals surface area contributed by atoms with Crippen molar-refractivity contribution < 1.29 is 13.2 Å². The predicted octanol–water partition coefficient (Wildman–Crippen LogP) is 4.61. The van der Waals surface area contributed by atoms with Crippen LogP contribution in [-0.4, -0.2) is 65.6 Å². The van der Waals surface area contributed by atoms with Crippen LogP contribution in [0.15, 0.2) is 41.3 Å². The van der Waals surface area contributed by atoms with Gasteiger partial charge >= 0.3 is 6.18 Å². The van der Waals surface area contributed by atoms with Gasteiger partial charge in [0.1, 0.15) is 12.1 Å². The van der Waals surface area contributed by atoms with Gasteiger partial charge in [-0.1, -0.05) is 18.6 Å². The van der Waals surface area contributed by atoms with Crippen LogP contribution in [0.25, 0.3) is 0 Å². The third-order valence-electron chi connectivity index (χ3n) is 6.18. The molecule has 0 aliphatic carbocycles. The number of piperazine rings is 1. The van der Waals surface area contributed by atoms with E-state index in [9.17, 15) is 13.2 Å². The largest absolute Gasteiger partial charge is 0.416 e. The first-order chi connectivity index (χ1) is 14.9. The summed E-state index contributed by atoms with van der Waals surface area (Å²) in [5, 5.41) is 0. The molecular formula is C22H27BrF3N5. The van der Waals surface area contributed by atoms with Gasteiger partial charge in [-0.2, -0.15) is 13.2 Å². The number of piperidine rings is 1. The Hall–Kier alpha value is -1.71. The van der Waals surface area contributed by atoms with Gasteiger partial charge in [0.15, 0.2) is 0 Å². The minimum absolute atomic E-state index is 0.0589. The predicted molar refractivity (Wildman–Crippen MR) is 118 cm³/mol. The summed E-state index contributed by atoms with van der Waals surface area (Å²) in [4.78, 5) is 15.3. The zero-order chi connectivity index (χ0) is 21.8. The summed E-state index contributed by atoms with van der Waals surface area (Å²) in [5.41, 5.74) is 0.175. The maximum absolute atomic E-state index is 13.4. The molecule has 0 radical (unpaired) electrons. The van der Waals surface area contributed by atoms with E-state index < -0.39 is 11.7 Å². The summed E-state index contributed by atoms with van der Waals surface area (Å²) >= 11 is 3.51. The lowest BCUT2D eigenvalue weighted by atomic mass is 9.99. The zero-order valence-corrected chi connectivity index (χ0v) is 18.9. The molecule has 1 aromatic carbocycles. The Morgan fingerprint density at radius 1 is 1.00 bits per heavy atom.